The van der Waals surface area contributed by atoms with Crippen molar-refractivity contribution in [3.63, 3.8) is 0 Å². The number of nitrogens with one attached hydrogen (secondary N) is 1. The zero-order valence-corrected chi connectivity index (χ0v) is 15.4. The van der Waals surface area contributed by atoms with Gasteiger partial charge in [0.25, 0.3) is 0 Å². The van der Waals surface area contributed by atoms with Crippen LogP contribution in [0.2, 0.25) is 0 Å². The summed E-state index contributed by atoms with van der Waals surface area (Å²) in [5, 5.41) is 18.5. The van der Waals surface area contributed by atoms with E-state index in [4.69, 9.17) is 16.1 Å². The van der Waals surface area contributed by atoms with Gasteiger partial charge in [-0.25, -0.2) is 4.98 Å². The number of fused-ring (bicyclic) bond motifs is 1. The van der Waals surface area contributed by atoms with Gasteiger partial charge in [-0.2, -0.15) is 0 Å². The summed E-state index contributed by atoms with van der Waals surface area (Å²) < 4.78 is 0. The van der Waals surface area contributed by atoms with E-state index in [0.29, 0.717) is 17.0 Å². The number of phenolic OH excluding ortho intramolecular Hbond substituents is 1. The van der Waals surface area contributed by atoms with Crippen LogP contribution in [-0.4, -0.2) is 16.3 Å². The number of phenols is 1. The molecule has 0 spiro atoms. The third-order valence-electron chi connectivity index (χ3n) is 4.18. The number of pyridine rings is 1. The first-order chi connectivity index (χ1) is 11.9. The smallest absolute Gasteiger partial charge is 0.121 e. The molecule has 0 fully saturated rings. The molecule has 1 aromatic heterocycles. The molecule has 1 heterocycles. The van der Waals surface area contributed by atoms with E-state index in [1.807, 2.05) is 58.9 Å². The largest absolute Gasteiger partial charge is 0.507 e. The van der Waals surface area contributed by atoms with Crippen molar-refractivity contribution in [2.45, 2.75) is 34.6 Å². The number of hydrogen-bond donors (Lipinski definition) is 3. The van der Waals surface area contributed by atoms with Gasteiger partial charge >= 0.3 is 0 Å². The van der Waals surface area contributed by atoms with Crippen LogP contribution in [-0.2, 0) is 0 Å². The number of aromatic nitrogens is 1. The number of nitrogens with two attached hydrogens (primary N) is 1. The Kier molecular flexibility index (Phi) is 5.42. The highest BCUT2D eigenvalue weighted by atomic mass is 16.3. The van der Waals surface area contributed by atoms with Gasteiger partial charge in [-0.1, -0.05) is 13.8 Å². The molecule has 3 rings (SSSR count). The van der Waals surface area contributed by atoms with E-state index in [2.05, 4.69) is 0 Å². The van der Waals surface area contributed by atoms with Crippen LogP contribution in [0.5, 0.6) is 5.75 Å². The second-order valence-corrected chi connectivity index (χ2v) is 5.89. The molecule has 130 valence electrons. The lowest BCUT2D eigenvalue weighted by atomic mass is 9.98. The molecule has 0 atom stereocenters. The fourth-order valence-electron chi connectivity index (χ4n) is 2.98. The maximum absolute atomic E-state index is 9.94. The minimum atomic E-state index is 0.324. The van der Waals surface area contributed by atoms with Crippen molar-refractivity contribution in [1.29, 1.82) is 5.41 Å². The van der Waals surface area contributed by atoms with E-state index < -0.39 is 0 Å². The minimum absolute atomic E-state index is 0.324. The van der Waals surface area contributed by atoms with Crippen molar-refractivity contribution < 1.29 is 5.11 Å². The maximum atomic E-state index is 9.94. The Hall–Kier alpha value is -2.88. The number of aryl methyl sites for hydroxylation is 3. The van der Waals surface area contributed by atoms with Crippen molar-refractivity contribution in [2.24, 2.45) is 0 Å². The highest BCUT2D eigenvalue weighted by molar-refractivity contribution is 6.04. The van der Waals surface area contributed by atoms with Gasteiger partial charge in [-0.15, -0.1) is 0 Å². The maximum Gasteiger partial charge on any atom is 0.121 e. The quantitative estimate of drug-likeness (QED) is 0.448. The van der Waals surface area contributed by atoms with Gasteiger partial charge in [0.2, 0.25) is 0 Å². The molecule has 0 saturated carbocycles. The zero-order chi connectivity index (χ0) is 18.7. The first kappa shape index (κ1) is 18.5. The van der Waals surface area contributed by atoms with Crippen LogP contribution >= 0.6 is 0 Å². The lowest BCUT2D eigenvalue weighted by molar-refractivity contribution is 0.467. The molecule has 4 heteroatoms. The van der Waals surface area contributed by atoms with E-state index in [1.54, 1.807) is 6.07 Å². The van der Waals surface area contributed by atoms with Crippen molar-refractivity contribution in [2.75, 3.05) is 5.73 Å². The van der Waals surface area contributed by atoms with Crippen LogP contribution in [0, 0.1) is 26.2 Å². The fourth-order valence-corrected chi connectivity index (χ4v) is 2.98. The second-order valence-electron chi connectivity index (χ2n) is 5.89. The third-order valence-corrected chi connectivity index (χ3v) is 4.18. The lowest BCUT2D eigenvalue weighted by Crippen LogP contribution is -1.98. The van der Waals surface area contributed by atoms with Gasteiger partial charge < -0.3 is 16.2 Å². The predicted octanol–water partition coefficient (Wildman–Crippen LogP) is 5.14. The summed E-state index contributed by atoms with van der Waals surface area (Å²) in [5.74, 6) is 0.324. The lowest BCUT2D eigenvalue weighted by Gasteiger charge is -2.12. The van der Waals surface area contributed by atoms with Crippen molar-refractivity contribution in [3.05, 3.63) is 52.6 Å². The Morgan fingerprint density at radius 2 is 1.60 bits per heavy atom. The highest BCUT2D eigenvalue weighted by Crippen LogP contribution is 2.32. The van der Waals surface area contributed by atoms with Crippen LogP contribution < -0.4 is 5.73 Å². The Morgan fingerprint density at radius 3 is 2.16 bits per heavy atom. The third kappa shape index (κ3) is 3.33. The summed E-state index contributed by atoms with van der Waals surface area (Å²) in [7, 11) is 0. The number of aromatic hydroxyl groups is 1. The van der Waals surface area contributed by atoms with Crippen LogP contribution in [0.1, 0.15) is 36.1 Å². The molecule has 0 radical (unpaired) electrons. The number of rotatable bonds is 2. The number of benzene rings is 2. The molecule has 2 aromatic carbocycles. The Morgan fingerprint density at radius 1 is 1.00 bits per heavy atom. The van der Waals surface area contributed by atoms with Gasteiger partial charge in [-0.3, -0.25) is 0 Å². The summed E-state index contributed by atoms with van der Waals surface area (Å²) >= 11 is 0. The van der Waals surface area contributed by atoms with Gasteiger partial charge in [0.05, 0.1) is 11.2 Å². The molecule has 0 unspecified atom stereocenters. The van der Waals surface area contributed by atoms with E-state index >= 15 is 0 Å². The molecule has 0 aliphatic heterocycles. The molecule has 4 nitrogen and oxygen atoms in total. The molecule has 25 heavy (non-hydrogen) atoms. The van der Waals surface area contributed by atoms with Gasteiger partial charge in [0, 0.05) is 28.4 Å². The minimum Gasteiger partial charge on any atom is -0.507 e. The first-order valence-corrected chi connectivity index (χ1v) is 8.43. The first-order valence-electron chi connectivity index (χ1n) is 8.43. The Bertz CT molecular complexity index is 923. The molecule has 0 amide bonds. The standard InChI is InChI=1S/C19H19N3O.C2H6/c1-10-8-17(13-6-11(2)19(23)12(3)7-13)22-16-5-4-15(21)14(9-20)18(10)16;1-2/h4-9,20,23H,21H2,1-3H3;1-2H3. The highest BCUT2D eigenvalue weighted by Gasteiger charge is 2.12. The topological polar surface area (TPSA) is 83.0 Å². The average Bonchev–Trinajstić information content (AvgIpc) is 2.61. The van der Waals surface area contributed by atoms with E-state index in [9.17, 15) is 5.11 Å². The van der Waals surface area contributed by atoms with Crippen LogP contribution in [0.25, 0.3) is 22.2 Å². The van der Waals surface area contributed by atoms with Crippen molar-refractivity contribution in [1.82, 2.24) is 4.98 Å². The Balaban J connectivity index is 0.00000109. The summed E-state index contributed by atoms with van der Waals surface area (Å²) in [5.41, 5.74) is 12.6. The van der Waals surface area contributed by atoms with Crippen molar-refractivity contribution in [3.8, 4) is 17.0 Å². The molecule has 0 bridgehead atoms. The molecule has 0 aliphatic rings. The Labute approximate surface area is 148 Å². The summed E-state index contributed by atoms with van der Waals surface area (Å²) in [6, 6.07) is 9.54. The molecular weight excluding hydrogens is 310 g/mol. The van der Waals surface area contributed by atoms with Gasteiger partial charge in [0.1, 0.15) is 5.75 Å². The normalized spacial score (nSPS) is 10.3. The molecule has 3 aromatic rings. The summed E-state index contributed by atoms with van der Waals surface area (Å²) in [6.45, 7) is 9.77. The number of hydrogen-bond acceptors (Lipinski definition) is 4. The molecule has 4 N–H and O–H groups in total. The summed E-state index contributed by atoms with van der Waals surface area (Å²) in [6.07, 6.45) is 1.28. The number of nitrogen functional groups attached to an aromatic ring is 1. The van der Waals surface area contributed by atoms with Crippen LogP contribution in [0.3, 0.4) is 0 Å². The van der Waals surface area contributed by atoms with Crippen molar-refractivity contribution >= 4 is 22.8 Å². The SMILES string of the molecule is CC.Cc1cc(-c2cc(C)c3c(C=N)c(N)ccc3n2)cc(C)c1O. The van der Waals surface area contributed by atoms with E-state index in [0.717, 1.165) is 38.9 Å². The average molecular weight is 335 g/mol. The zero-order valence-electron chi connectivity index (χ0n) is 15.4. The van der Waals surface area contributed by atoms with Gasteiger partial charge in [-0.05, 0) is 67.8 Å². The van der Waals surface area contributed by atoms with Gasteiger partial charge in [0.15, 0.2) is 0 Å². The molecule has 0 aliphatic carbocycles. The predicted molar refractivity (Wildman–Crippen MR) is 107 cm³/mol. The molecule has 0 saturated heterocycles. The summed E-state index contributed by atoms with van der Waals surface area (Å²) in [4.78, 5) is 4.73. The molecular formula is C21H25N3O. The van der Waals surface area contributed by atoms with Crippen LogP contribution in [0.4, 0.5) is 5.69 Å². The van der Waals surface area contributed by atoms with Crippen LogP contribution in [0.15, 0.2) is 30.3 Å². The van der Waals surface area contributed by atoms with E-state index in [-0.39, 0.29) is 0 Å². The number of nitrogens with zero attached hydrogens (tertiary/aromatic N) is 1. The second kappa shape index (κ2) is 7.34. The van der Waals surface area contributed by atoms with E-state index in [1.165, 1.54) is 6.21 Å². The monoisotopic (exact) mass is 335 g/mol. The fraction of sp³-hybridized carbons (Fsp3) is 0.238. The number of anilines is 1.